The van der Waals surface area contributed by atoms with E-state index >= 15 is 0 Å². The maximum absolute atomic E-state index is 13.7. The lowest BCUT2D eigenvalue weighted by Gasteiger charge is -2.50. The molecule has 4 heterocycles. The fraction of sp³-hybridized carbons (Fsp3) is 0.429. The van der Waals surface area contributed by atoms with Gasteiger partial charge in [-0.3, -0.25) is 19.6 Å². The first-order valence-corrected chi connectivity index (χ1v) is 13.2. The Morgan fingerprint density at radius 3 is 2.41 bits per heavy atom. The van der Waals surface area contributed by atoms with Crippen LogP contribution in [-0.4, -0.2) is 65.5 Å². The van der Waals surface area contributed by atoms with Gasteiger partial charge in [0.05, 0.1) is 16.5 Å². The van der Waals surface area contributed by atoms with Crippen molar-refractivity contribution in [1.29, 1.82) is 0 Å². The number of Topliss-reactive ketones (excluding diaryl/α,β-unsaturated/α-hetero) is 1. The van der Waals surface area contributed by atoms with Gasteiger partial charge in [-0.15, -0.1) is 11.3 Å². The van der Waals surface area contributed by atoms with E-state index in [0.29, 0.717) is 0 Å². The first-order valence-electron chi connectivity index (χ1n) is 12.3. The second kappa shape index (κ2) is 10.9. The van der Waals surface area contributed by atoms with Crippen LogP contribution in [0.4, 0.5) is 0 Å². The van der Waals surface area contributed by atoms with Crippen LogP contribution in [0, 0.1) is 0 Å². The third kappa shape index (κ3) is 5.31. The third-order valence-corrected chi connectivity index (χ3v) is 8.31. The van der Waals surface area contributed by atoms with Gasteiger partial charge in [0.15, 0.2) is 5.78 Å². The lowest BCUT2D eigenvalue weighted by atomic mass is 9.76. The van der Waals surface area contributed by atoms with Crippen molar-refractivity contribution in [3.05, 3.63) is 88.4 Å². The molecule has 0 amide bonds. The van der Waals surface area contributed by atoms with E-state index in [4.69, 9.17) is 4.74 Å². The molecule has 2 aliphatic rings. The van der Waals surface area contributed by atoms with Gasteiger partial charge in [-0.2, -0.15) is 0 Å². The number of thiophene rings is 1. The molecule has 5 nitrogen and oxygen atoms in total. The fourth-order valence-electron chi connectivity index (χ4n) is 5.51. The standard InChI is InChI=1S/C28H33N3O2S/c32-27(26-10-6-20-34-26)24(25-9-4-5-13-29-25)21-28(11-18-33-19-12-28)31-16-14-30(15-17-31)22-23-7-2-1-3-8-23/h1-10,13,20,24H,11-12,14-19,21-22H2. The fourth-order valence-corrected chi connectivity index (χ4v) is 6.23. The second-order valence-electron chi connectivity index (χ2n) is 9.44. The molecule has 2 aliphatic heterocycles. The van der Waals surface area contributed by atoms with Gasteiger partial charge >= 0.3 is 0 Å². The highest BCUT2D eigenvalue weighted by atomic mass is 32.1. The summed E-state index contributed by atoms with van der Waals surface area (Å²) >= 11 is 1.53. The number of nitrogens with zero attached hydrogens (tertiary/aromatic N) is 3. The van der Waals surface area contributed by atoms with E-state index in [1.54, 1.807) is 0 Å². The van der Waals surface area contributed by atoms with Crippen LogP contribution in [0.5, 0.6) is 0 Å². The first kappa shape index (κ1) is 23.4. The quantitative estimate of drug-likeness (QED) is 0.435. The van der Waals surface area contributed by atoms with E-state index in [0.717, 1.165) is 75.8 Å². The Kier molecular flexibility index (Phi) is 7.50. The lowest BCUT2D eigenvalue weighted by molar-refractivity contribution is -0.0544. The molecule has 0 bridgehead atoms. The van der Waals surface area contributed by atoms with Gasteiger partial charge < -0.3 is 4.74 Å². The van der Waals surface area contributed by atoms with Crippen LogP contribution < -0.4 is 0 Å². The van der Waals surface area contributed by atoms with E-state index in [9.17, 15) is 4.79 Å². The number of ether oxygens (including phenoxy) is 1. The Hall–Kier alpha value is -2.38. The van der Waals surface area contributed by atoms with Gasteiger partial charge in [-0.1, -0.05) is 42.5 Å². The van der Waals surface area contributed by atoms with Crippen LogP contribution in [0.3, 0.4) is 0 Å². The summed E-state index contributed by atoms with van der Waals surface area (Å²) in [4.78, 5) is 24.3. The molecular formula is C28H33N3O2S. The predicted molar refractivity (Wildman–Crippen MR) is 136 cm³/mol. The van der Waals surface area contributed by atoms with Gasteiger partial charge in [0, 0.05) is 57.7 Å². The van der Waals surface area contributed by atoms with E-state index in [1.165, 1.54) is 16.9 Å². The van der Waals surface area contributed by atoms with Crippen molar-refractivity contribution in [2.45, 2.75) is 37.3 Å². The van der Waals surface area contributed by atoms with Gasteiger partial charge in [0.1, 0.15) is 0 Å². The van der Waals surface area contributed by atoms with E-state index < -0.39 is 0 Å². The first-order chi connectivity index (χ1) is 16.7. The predicted octanol–water partition coefficient (Wildman–Crippen LogP) is 4.87. The molecule has 6 heteroatoms. The lowest BCUT2D eigenvalue weighted by Crippen LogP contribution is -2.59. The van der Waals surface area contributed by atoms with Crippen molar-refractivity contribution in [3.63, 3.8) is 0 Å². The van der Waals surface area contributed by atoms with Crippen molar-refractivity contribution in [1.82, 2.24) is 14.8 Å². The number of hydrogen-bond acceptors (Lipinski definition) is 6. The highest BCUT2D eigenvalue weighted by Crippen LogP contribution is 2.39. The van der Waals surface area contributed by atoms with Crippen LogP contribution in [0.25, 0.3) is 0 Å². The third-order valence-electron chi connectivity index (χ3n) is 7.43. The SMILES string of the molecule is O=C(c1cccs1)C(CC1(N2CCN(Cc3ccccc3)CC2)CCOCC1)c1ccccn1. The number of benzene rings is 1. The molecule has 3 aromatic rings. The number of carbonyl (C=O) groups excluding carboxylic acids is 1. The molecule has 1 atom stereocenters. The van der Waals surface area contributed by atoms with Gasteiger partial charge in [-0.05, 0) is 48.4 Å². The summed E-state index contributed by atoms with van der Waals surface area (Å²) in [5.41, 5.74) is 2.22. The Labute approximate surface area is 206 Å². The minimum Gasteiger partial charge on any atom is -0.381 e. The summed E-state index contributed by atoms with van der Waals surface area (Å²) in [6.45, 7) is 6.65. The minimum absolute atomic E-state index is 0.0355. The van der Waals surface area contributed by atoms with Gasteiger partial charge in [0.2, 0.25) is 0 Å². The topological polar surface area (TPSA) is 45.7 Å². The van der Waals surface area contributed by atoms with Crippen LogP contribution in [0.15, 0.2) is 72.2 Å². The molecule has 2 fully saturated rings. The summed E-state index contributed by atoms with van der Waals surface area (Å²) in [5.74, 6) is -0.0393. The molecule has 2 saturated heterocycles. The second-order valence-corrected chi connectivity index (χ2v) is 10.4. The minimum atomic E-state index is -0.236. The largest absolute Gasteiger partial charge is 0.381 e. The maximum Gasteiger partial charge on any atom is 0.181 e. The zero-order valence-corrected chi connectivity index (χ0v) is 20.5. The Balaban J connectivity index is 1.35. The molecule has 1 unspecified atom stereocenters. The number of pyridine rings is 1. The number of hydrogen-bond donors (Lipinski definition) is 0. The molecular weight excluding hydrogens is 442 g/mol. The number of aromatic nitrogens is 1. The smallest absolute Gasteiger partial charge is 0.181 e. The zero-order valence-electron chi connectivity index (χ0n) is 19.6. The monoisotopic (exact) mass is 475 g/mol. The van der Waals surface area contributed by atoms with Crippen LogP contribution in [0.1, 0.15) is 46.1 Å². The average Bonchev–Trinajstić information content (AvgIpc) is 3.44. The molecule has 34 heavy (non-hydrogen) atoms. The molecule has 0 saturated carbocycles. The maximum atomic E-state index is 13.7. The summed E-state index contributed by atoms with van der Waals surface area (Å²) in [7, 11) is 0. The van der Waals surface area contributed by atoms with Gasteiger partial charge in [0.25, 0.3) is 0 Å². The molecule has 0 spiro atoms. The molecule has 0 aliphatic carbocycles. The molecule has 2 aromatic heterocycles. The number of carbonyl (C=O) groups is 1. The highest BCUT2D eigenvalue weighted by Gasteiger charge is 2.43. The molecule has 1 aromatic carbocycles. The van der Waals surface area contributed by atoms with Crippen molar-refractivity contribution >= 4 is 17.1 Å². The molecule has 0 N–H and O–H groups in total. The van der Waals surface area contributed by atoms with Crippen LogP contribution in [-0.2, 0) is 11.3 Å². The van der Waals surface area contributed by atoms with E-state index in [-0.39, 0.29) is 17.2 Å². The number of piperazine rings is 1. The molecule has 5 rings (SSSR count). The summed E-state index contributed by atoms with van der Waals surface area (Å²) in [5, 5.41) is 1.99. The average molecular weight is 476 g/mol. The number of ketones is 1. The van der Waals surface area contributed by atoms with Crippen LogP contribution in [0.2, 0.25) is 0 Å². The molecule has 0 radical (unpaired) electrons. The van der Waals surface area contributed by atoms with Crippen molar-refractivity contribution in [2.75, 3.05) is 39.4 Å². The summed E-state index contributed by atoms with van der Waals surface area (Å²) in [6.07, 6.45) is 4.53. The Morgan fingerprint density at radius 2 is 1.74 bits per heavy atom. The normalized spacial score (nSPS) is 20.1. The Bertz CT molecular complexity index is 1030. The van der Waals surface area contributed by atoms with Crippen LogP contribution >= 0.6 is 11.3 Å². The van der Waals surface area contributed by atoms with Crippen molar-refractivity contribution < 1.29 is 9.53 Å². The van der Waals surface area contributed by atoms with E-state index in [1.807, 2.05) is 41.9 Å². The van der Waals surface area contributed by atoms with Gasteiger partial charge in [-0.25, -0.2) is 0 Å². The molecule has 178 valence electrons. The Morgan fingerprint density at radius 1 is 0.971 bits per heavy atom. The summed E-state index contributed by atoms with van der Waals surface area (Å²) < 4.78 is 5.80. The number of rotatable bonds is 8. The van der Waals surface area contributed by atoms with Crippen molar-refractivity contribution in [3.8, 4) is 0 Å². The zero-order chi connectivity index (χ0) is 23.2. The van der Waals surface area contributed by atoms with E-state index in [2.05, 4.69) is 45.1 Å². The summed E-state index contributed by atoms with van der Waals surface area (Å²) in [6, 6.07) is 20.6. The highest BCUT2D eigenvalue weighted by molar-refractivity contribution is 7.12. The van der Waals surface area contributed by atoms with Crippen molar-refractivity contribution in [2.24, 2.45) is 0 Å².